The fourth-order valence-corrected chi connectivity index (χ4v) is 3.21. The summed E-state index contributed by atoms with van der Waals surface area (Å²) >= 11 is 0. The summed E-state index contributed by atoms with van der Waals surface area (Å²) in [6.45, 7) is 4.83. The van der Waals surface area contributed by atoms with E-state index < -0.39 is 0 Å². The van der Waals surface area contributed by atoms with Crippen LogP contribution in [0, 0.1) is 6.92 Å². The molecule has 1 aliphatic heterocycles. The molecular formula is C19H23NO. The molecule has 2 unspecified atom stereocenters. The summed E-state index contributed by atoms with van der Waals surface area (Å²) in [5, 5.41) is 10.2. The lowest BCUT2D eigenvalue weighted by molar-refractivity contribution is 0.0549. The maximum atomic E-state index is 10.2. The zero-order chi connectivity index (χ0) is 14.7. The van der Waals surface area contributed by atoms with Crippen molar-refractivity contribution >= 4 is 0 Å². The van der Waals surface area contributed by atoms with E-state index in [1.807, 2.05) is 6.07 Å². The lowest BCUT2D eigenvalue weighted by Gasteiger charge is -2.36. The van der Waals surface area contributed by atoms with Crippen molar-refractivity contribution in [2.24, 2.45) is 0 Å². The Balaban J connectivity index is 1.71. The molecule has 2 aromatic carbocycles. The molecule has 1 aliphatic rings. The van der Waals surface area contributed by atoms with Crippen LogP contribution in [-0.4, -0.2) is 29.2 Å². The van der Waals surface area contributed by atoms with Gasteiger partial charge in [-0.2, -0.15) is 0 Å². The molecule has 0 aromatic heterocycles. The third-order valence-electron chi connectivity index (χ3n) is 4.30. The van der Waals surface area contributed by atoms with Crippen molar-refractivity contribution in [1.29, 1.82) is 0 Å². The molecule has 2 heteroatoms. The molecule has 0 amide bonds. The summed E-state index contributed by atoms with van der Waals surface area (Å²) < 4.78 is 0. The smallest absolute Gasteiger partial charge is 0.0673 e. The van der Waals surface area contributed by atoms with Gasteiger partial charge in [0.1, 0.15) is 0 Å². The van der Waals surface area contributed by atoms with E-state index in [0.717, 1.165) is 26.1 Å². The van der Waals surface area contributed by atoms with E-state index in [1.54, 1.807) is 0 Å². The average molecular weight is 281 g/mol. The molecule has 0 spiro atoms. The standard InChI is InChI=1S/C19H23NO/c1-15-7-9-17(10-8-15)18-11-19(21)14-20(13-18)12-16-5-3-2-4-6-16/h2-10,18-19,21H,11-14H2,1H3. The van der Waals surface area contributed by atoms with Crippen molar-refractivity contribution < 1.29 is 5.11 Å². The first-order valence-corrected chi connectivity index (χ1v) is 7.71. The van der Waals surface area contributed by atoms with E-state index in [0.29, 0.717) is 5.92 Å². The molecule has 0 bridgehead atoms. The van der Waals surface area contributed by atoms with Crippen molar-refractivity contribution in [2.45, 2.75) is 31.9 Å². The zero-order valence-electron chi connectivity index (χ0n) is 12.6. The minimum absolute atomic E-state index is 0.228. The van der Waals surface area contributed by atoms with Gasteiger partial charge in [-0.3, -0.25) is 4.90 Å². The Bertz CT molecular complexity index is 564. The van der Waals surface area contributed by atoms with Crippen molar-refractivity contribution in [3.63, 3.8) is 0 Å². The molecule has 1 heterocycles. The second kappa shape index (κ2) is 6.42. The monoisotopic (exact) mass is 281 g/mol. The molecule has 1 saturated heterocycles. The number of aliphatic hydroxyl groups is 1. The lowest BCUT2D eigenvalue weighted by atomic mass is 9.88. The first-order chi connectivity index (χ1) is 10.2. The maximum absolute atomic E-state index is 10.2. The van der Waals surface area contributed by atoms with Crippen LogP contribution >= 0.6 is 0 Å². The van der Waals surface area contributed by atoms with E-state index in [2.05, 4.69) is 60.4 Å². The third-order valence-corrected chi connectivity index (χ3v) is 4.30. The number of piperidine rings is 1. The molecule has 2 aromatic rings. The molecule has 0 radical (unpaired) electrons. The van der Waals surface area contributed by atoms with Gasteiger partial charge in [0, 0.05) is 19.6 Å². The molecule has 21 heavy (non-hydrogen) atoms. The topological polar surface area (TPSA) is 23.5 Å². The number of rotatable bonds is 3. The molecule has 0 saturated carbocycles. The summed E-state index contributed by atoms with van der Waals surface area (Å²) in [6.07, 6.45) is 0.641. The summed E-state index contributed by atoms with van der Waals surface area (Å²) in [6, 6.07) is 19.3. The highest BCUT2D eigenvalue weighted by Crippen LogP contribution is 2.28. The fourth-order valence-electron chi connectivity index (χ4n) is 3.21. The summed E-state index contributed by atoms with van der Waals surface area (Å²) in [7, 11) is 0. The van der Waals surface area contributed by atoms with Crippen LogP contribution in [0.5, 0.6) is 0 Å². The Labute approximate surface area is 127 Å². The van der Waals surface area contributed by atoms with Gasteiger partial charge in [0.2, 0.25) is 0 Å². The molecule has 1 fully saturated rings. The minimum atomic E-state index is -0.228. The molecule has 3 rings (SSSR count). The SMILES string of the molecule is Cc1ccc(C2CC(O)CN(Cc3ccccc3)C2)cc1. The minimum Gasteiger partial charge on any atom is -0.392 e. The van der Waals surface area contributed by atoms with Gasteiger partial charge in [-0.15, -0.1) is 0 Å². The number of aryl methyl sites for hydroxylation is 1. The lowest BCUT2D eigenvalue weighted by Crippen LogP contribution is -2.41. The van der Waals surface area contributed by atoms with Gasteiger partial charge < -0.3 is 5.11 Å². The van der Waals surface area contributed by atoms with Gasteiger partial charge in [0.15, 0.2) is 0 Å². The first-order valence-electron chi connectivity index (χ1n) is 7.71. The molecule has 2 atom stereocenters. The fraction of sp³-hybridized carbons (Fsp3) is 0.368. The number of hydrogen-bond acceptors (Lipinski definition) is 2. The van der Waals surface area contributed by atoms with Crippen LogP contribution in [0.4, 0.5) is 0 Å². The Kier molecular flexibility index (Phi) is 4.37. The van der Waals surface area contributed by atoms with Crippen LogP contribution in [0.3, 0.4) is 0 Å². The van der Waals surface area contributed by atoms with Crippen LogP contribution in [0.2, 0.25) is 0 Å². The molecule has 2 nitrogen and oxygen atoms in total. The van der Waals surface area contributed by atoms with E-state index in [9.17, 15) is 5.11 Å². The number of β-amino-alcohol motifs (C(OH)–C–C–N with tert-alkyl or cyclic N) is 1. The van der Waals surface area contributed by atoms with Crippen molar-refractivity contribution in [2.75, 3.05) is 13.1 Å². The number of benzene rings is 2. The Morgan fingerprint density at radius 1 is 1.00 bits per heavy atom. The van der Waals surface area contributed by atoms with E-state index in [-0.39, 0.29) is 6.10 Å². The predicted molar refractivity (Wildman–Crippen MR) is 86.3 cm³/mol. The summed E-state index contributed by atoms with van der Waals surface area (Å²) in [4.78, 5) is 2.37. The quantitative estimate of drug-likeness (QED) is 0.932. The van der Waals surface area contributed by atoms with Crippen LogP contribution in [0.15, 0.2) is 54.6 Å². The number of aliphatic hydroxyl groups excluding tert-OH is 1. The second-order valence-corrected chi connectivity index (χ2v) is 6.18. The van der Waals surface area contributed by atoms with E-state index >= 15 is 0 Å². The van der Waals surface area contributed by atoms with E-state index in [4.69, 9.17) is 0 Å². The number of nitrogens with zero attached hydrogens (tertiary/aromatic N) is 1. The molecular weight excluding hydrogens is 258 g/mol. The summed E-state index contributed by atoms with van der Waals surface area (Å²) in [5.74, 6) is 0.429. The molecule has 0 aliphatic carbocycles. The van der Waals surface area contributed by atoms with Crippen molar-refractivity contribution in [3.8, 4) is 0 Å². The van der Waals surface area contributed by atoms with Crippen molar-refractivity contribution in [3.05, 3.63) is 71.3 Å². The first kappa shape index (κ1) is 14.3. The zero-order valence-corrected chi connectivity index (χ0v) is 12.6. The summed E-state index contributed by atoms with van der Waals surface area (Å²) in [5.41, 5.74) is 3.95. The predicted octanol–water partition coefficient (Wildman–Crippen LogP) is 3.35. The largest absolute Gasteiger partial charge is 0.392 e. The Morgan fingerprint density at radius 2 is 1.71 bits per heavy atom. The Morgan fingerprint density at radius 3 is 2.43 bits per heavy atom. The molecule has 110 valence electrons. The normalized spacial score (nSPS) is 23.1. The van der Waals surface area contributed by atoms with Crippen LogP contribution in [0.1, 0.15) is 29.0 Å². The van der Waals surface area contributed by atoms with Crippen LogP contribution in [0.25, 0.3) is 0 Å². The van der Waals surface area contributed by atoms with Gasteiger partial charge in [0.25, 0.3) is 0 Å². The van der Waals surface area contributed by atoms with Gasteiger partial charge >= 0.3 is 0 Å². The number of likely N-dealkylation sites (tertiary alicyclic amines) is 1. The van der Waals surface area contributed by atoms with Gasteiger partial charge in [-0.25, -0.2) is 0 Å². The van der Waals surface area contributed by atoms with Gasteiger partial charge in [0.05, 0.1) is 6.10 Å². The van der Waals surface area contributed by atoms with Gasteiger partial charge in [-0.05, 0) is 30.4 Å². The highest BCUT2D eigenvalue weighted by molar-refractivity contribution is 5.25. The van der Waals surface area contributed by atoms with Crippen molar-refractivity contribution in [1.82, 2.24) is 4.90 Å². The van der Waals surface area contributed by atoms with Crippen LogP contribution < -0.4 is 0 Å². The highest BCUT2D eigenvalue weighted by atomic mass is 16.3. The Hall–Kier alpha value is -1.64. The number of hydrogen-bond donors (Lipinski definition) is 1. The maximum Gasteiger partial charge on any atom is 0.0673 e. The second-order valence-electron chi connectivity index (χ2n) is 6.18. The van der Waals surface area contributed by atoms with E-state index in [1.165, 1.54) is 16.7 Å². The average Bonchev–Trinajstić information content (AvgIpc) is 2.48. The highest BCUT2D eigenvalue weighted by Gasteiger charge is 2.26. The van der Waals surface area contributed by atoms with Crippen LogP contribution in [-0.2, 0) is 6.54 Å². The molecule has 1 N–H and O–H groups in total. The third kappa shape index (κ3) is 3.72. The van der Waals surface area contributed by atoms with Gasteiger partial charge in [-0.1, -0.05) is 60.2 Å².